The van der Waals surface area contributed by atoms with Gasteiger partial charge in [-0.3, -0.25) is 4.79 Å². The topological polar surface area (TPSA) is 40.5 Å². The minimum atomic E-state index is -0.154. The van der Waals surface area contributed by atoms with Gasteiger partial charge in [0.2, 0.25) is 5.91 Å². The number of carbonyl (C=O) groups excluding carboxylic acids is 1. The van der Waals surface area contributed by atoms with Gasteiger partial charge in [0.1, 0.15) is 5.75 Å². The molecule has 1 N–H and O–H groups in total. The first-order valence-corrected chi connectivity index (χ1v) is 5.25. The van der Waals surface area contributed by atoms with Crippen molar-refractivity contribution in [2.45, 2.75) is 18.7 Å². The van der Waals surface area contributed by atoms with Gasteiger partial charge in [0.25, 0.3) is 0 Å². The molecule has 15 heavy (non-hydrogen) atoms. The second-order valence-electron chi connectivity index (χ2n) is 3.80. The van der Waals surface area contributed by atoms with Crippen LogP contribution in [0.5, 0.6) is 5.75 Å². The second-order valence-corrected chi connectivity index (χ2v) is 4.42. The summed E-state index contributed by atoms with van der Waals surface area (Å²) in [6.45, 7) is 2.36. The first kappa shape index (κ1) is 10.3. The Kier molecular flexibility index (Phi) is 2.57. The first-order valence-electron chi connectivity index (χ1n) is 4.82. The Hall–Kier alpha value is -1.22. The van der Waals surface area contributed by atoms with Crippen LogP contribution in [0.25, 0.3) is 0 Å². The zero-order valence-corrected chi connectivity index (χ0v) is 9.16. The number of amides is 1. The number of phenolic OH excluding ortho intramolecular Hbond substituents is 1. The molecule has 0 aliphatic carbocycles. The number of hydrogen-bond donors (Lipinski definition) is 1. The average molecular weight is 226 g/mol. The fourth-order valence-electron chi connectivity index (χ4n) is 1.76. The maximum atomic E-state index is 11.6. The highest BCUT2D eigenvalue weighted by atomic mass is 35.5. The van der Waals surface area contributed by atoms with Crippen LogP contribution in [0.15, 0.2) is 18.2 Å². The normalized spacial score (nSPS) is 21.1. The molecule has 1 unspecified atom stereocenters. The number of benzene rings is 1. The number of rotatable bonds is 1. The highest BCUT2D eigenvalue weighted by Crippen LogP contribution is 2.32. The molecule has 1 heterocycles. The number of nitrogens with zero attached hydrogens (tertiary/aromatic N) is 1. The van der Waals surface area contributed by atoms with E-state index in [0.717, 1.165) is 5.56 Å². The van der Waals surface area contributed by atoms with E-state index in [9.17, 15) is 9.90 Å². The number of anilines is 1. The van der Waals surface area contributed by atoms with E-state index >= 15 is 0 Å². The Morgan fingerprint density at radius 1 is 1.53 bits per heavy atom. The largest absolute Gasteiger partial charge is 0.506 e. The summed E-state index contributed by atoms with van der Waals surface area (Å²) < 4.78 is 0. The van der Waals surface area contributed by atoms with Crippen LogP contribution in [0.4, 0.5) is 5.69 Å². The molecule has 0 bridgehead atoms. The van der Waals surface area contributed by atoms with Gasteiger partial charge in [-0.25, -0.2) is 0 Å². The Balaban J connectivity index is 2.34. The highest BCUT2D eigenvalue weighted by molar-refractivity contribution is 6.24. The van der Waals surface area contributed by atoms with Crippen LogP contribution in [-0.2, 0) is 4.79 Å². The van der Waals surface area contributed by atoms with Crippen LogP contribution in [0.3, 0.4) is 0 Å². The third kappa shape index (κ3) is 1.92. The van der Waals surface area contributed by atoms with Crippen LogP contribution in [0.1, 0.15) is 12.0 Å². The number of alkyl halides is 1. The summed E-state index contributed by atoms with van der Waals surface area (Å²) in [5.41, 5.74) is 1.51. The molecule has 80 valence electrons. The van der Waals surface area contributed by atoms with E-state index in [1.54, 1.807) is 12.1 Å². The van der Waals surface area contributed by atoms with Gasteiger partial charge >= 0.3 is 0 Å². The van der Waals surface area contributed by atoms with Crippen molar-refractivity contribution in [2.75, 3.05) is 11.4 Å². The summed E-state index contributed by atoms with van der Waals surface area (Å²) >= 11 is 5.89. The number of aromatic hydroxyl groups is 1. The minimum absolute atomic E-state index is 0.0332. The van der Waals surface area contributed by atoms with Gasteiger partial charge in [0, 0.05) is 13.0 Å². The van der Waals surface area contributed by atoms with Gasteiger partial charge < -0.3 is 10.0 Å². The maximum absolute atomic E-state index is 11.6. The predicted octanol–water partition coefficient (Wildman–Crippen LogP) is 2.04. The van der Waals surface area contributed by atoms with Crippen molar-refractivity contribution in [3.8, 4) is 5.75 Å². The molecule has 0 saturated carbocycles. The number of carbonyl (C=O) groups is 1. The fourth-order valence-corrected chi connectivity index (χ4v) is 2.03. The van der Waals surface area contributed by atoms with Gasteiger partial charge in [0.15, 0.2) is 0 Å². The molecule has 1 aliphatic rings. The SMILES string of the molecule is Cc1ccc(N2CC(Cl)CC2=O)c(O)c1. The molecular formula is C11H12ClNO2. The lowest BCUT2D eigenvalue weighted by Crippen LogP contribution is -2.24. The lowest BCUT2D eigenvalue weighted by atomic mass is 10.2. The third-order valence-electron chi connectivity index (χ3n) is 2.50. The highest BCUT2D eigenvalue weighted by Gasteiger charge is 2.30. The first-order chi connectivity index (χ1) is 7.08. The molecule has 0 spiro atoms. The fraction of sp³-hybridized carbons (Fsp3) is 0.364. The molecule has 1 atom stereocenters. The molecule has 0 aromatic heterocycles. The zero-order chi connectivity index (χ0) is 11.0. The van der Waals surface area contributed by atoms with Gasteiger partial charge in [-0.1, -0.05) is 6.07 Å². The Morgan fingerprint density at radius 2 is 2.27 bits per heavy atom. The van der Waals surface area contributed by atoms with Crippen molar-refractivity contribution < 1.29 is 9.90 Å². The number of phenols is 1. The molecule has 3 nitrogen and oxygen atoms in total. The van der Waals surface area contributed by atoms with Crippen molar-refractivity contribution in [2.24, 2.45) is 0 Å². The molecule has 1 amide bonds. The molecule has 1 saturated heterocycles. The van der Waals surface area contributed by atoms with E-state index < -0.39 is 0 Å². The number of aryl methyl sites for hydroxylation is 1. The van der Waals surface area contributed by atoms with Gasteiger partial charge in [-0.05, 0) is 24.6 Å². The lowest BCUT2D eigenvalue weighted by molar-refractivity contribution is -0.117. The average Bonchev–Trinajstić information content (AvgIpc) is 2.45. The third-order valence-corrected chi connectivity index (χ3v) is 2.79. The van der Waals surface area contributed by atoms with Crippen molar-refractivity contribution in [1.29, 1.82) is 0 Å². The molecule has 1 aromatic carbocycles. The Labute approximate surface area is 93.3 Å². The van der Waals surface area contributed by atoms with Crippen molar-refractivity contribution >= 4 is 23.2 Å². The summed E-state index contributed by atoms with van der Waals surface area (Å²) in [5.74, 6) is 0.100. The lowest BCUT2D eigenvalue weighted by Gasteiger charge is -2.17. The molecule has 1 fully saturated rings. The van der Waals surface area contributed by atoms with Crippen LogP contribution in [-0.4, -0.2) is 22.9 Å². The van der Waals surface area contributed by atoms with Crippen molar-refractivity contribution in [3.63, 3.8) is 0 Å². The maximum Gasteiger partial charge on any atom is 0.228 e. The molecule has 2 rings (SSSR count). The Morgan fingerprint density at radius 3 is 2.80 bits per heavy atom. The molecule has 4 heteroatoms. The molecule has 1 aromatic rings. The predicted molar refractivity (Wildman–Crippen MR) is 59.5 cm³/mol. The van der Waals surface area contributed by atoms with E-state index in [1.807, 2.05) is 13.0 Å². The monoisotopic (exact) mass is 225 g/mol. The van der Waals surface area contributed by atoms with E-state index in [2.05, 4.69) is 0 Å². The minimum Gasteiger partial charge on any atom is -0.506 e. The molecule has 0 radical (unpaired) electrons. The summed E-state index contributed by atoms with van der Waals surface area (Å²) in [6, 6.07) is 5.26. The summed E-state index contributed by atoms with van der Waals surface area (Å²) in [7, 11) is 0. The molecular weight excluding hydrogens is 214 g/mol. The van der Waals surface area contributed by atoms with Gasteiger partial charge in [0.05, 0.1) is 11.1 Å². The van der Waals surface area contributed by atoms with E-state index in [-0.39, 0.29) is 17.0 Å². The number of hydrogen-bond acceptors (Lipinski definition) is 2. The molecule has 1 aliphatic heterocycles. The van der Waals surface area contributed by atoms with Crippen molar-refractivity contribution in [1.82, 2.24) is 0 Å². The van der Waals surface area contributed by atoms with E-state index in [1.165, 1.54) is 4.90 Å². The van der Waals surface area contributed by atoms with Gasteiger partial charge in [-0.15, -0.1) is 11.6 Å². The van der Waals surface area contributed by atoms with Crippen LogP contribution in [0, 0.1) is 6.92 Å². The second kappa shape index (κ2) is 3.74. The summed E-state index contributed by atoms with van der Waals surface area (Å²) in [5, 5.41) is 9.56. The van der Waals surface area contributed by atoms with Crippen molar-refractivity contribution in [3.05, 3.63) is 23.8 Å². The Bertz CT molecular complexity index is 406. The van der Waals surface area contributed by atoms with E-state index in [4.69, 9.17) is 11.6 Å². The van der Waals surface area contributed by atoms with E-state index in [0.29, 0.717) is 18.7 Å². The van der Waals surface area contributed by atoms with Gasteiger partial charge in [-0.2, -0.15) is 0 Å². The quantitative estimate of drug-likeness (QED) is 0.744. The van der Waals surface area contributed by atoms with Crippen LogP contribution in [0.2, 0.25) is 0 Å². The summed E-state index contributed by atoms with van der Waals surface area (Å²) in [4.78, 5) is 13.1. The smallest absolute Gasteiger partial charge is 0.228 e. The summed E-state index contributed by atoms with van der Waals surface area (Å²) in [6.07, 6.45) is 0.342. The van der Waals surface area contributed by atoms with Crippen LogP contribution < -0.4 is 4.90 Å². The number of halogens is 1. The standard InChI is InChI=1S/C11H12ClNO2/c1-7-2-3-9(10(14)4-7)13-6-8(12)5-11(13)15/h2-4,8,14H,5-6H2,1H3. The zero-order valence-electron chi connectivity index (χ0n) is 8.40. The van der Waals surface area contributed by atoms with Crippen LogP contribution >= 0.6 is 11.6 Å².